The molecule has 41 heavy (non-hydrogen) atoms. The summed E-state index contributed by atoms with van der Waals surface area (Å²) in [5.41, 5.74) is 7.32. The molecule has 0 aliphatic carbocycles. The number of carboxylic acids is 1. The molecule has 204 valence electrons. The predicted octanol–water partition coefficient (Wildman–Crippen LogP) is 5.31. The molecule has 2 N–H and O–H groups in total. The highest BCUT2D eigenvalue weighted by atomic mass is 16.6. The Morgan fingerprint density at radius 1 is 0.951 bits per heavy atom. The van der Waals surface area contributed by atoms with Gasteiger partial charge in [0.1, 0.15) is 12.9 Å². The first-order valence-electron chi connectivity index (χ1n) is 13.7. The van der Waals surface area contributed by atoms with Crippen LogP contribution in [-0.4, -0.2) is 24.2 Å². The van der Waals surface area contributed by atoms with Crippen molar-refractivity contribution in [3.05, 3.63) is 136 Å². The molecule has 0 radical (unpaired) electrons. The van der Waals surface area contributed by atoms with Crippen LogP contribution in [0.3, 0.4) is 0 Å². The minimum Gasteiger partial charge on any atom is -0.480 e. The molecular weight excluding hydrogens is 512 g/mol. The van der Waals surface area contributed by atoms with Crippen molar-refractivity contribution in [1.29, 1.82) is 0 Å². The fraction of sp³-hybridized carbons (Fsp3) is 0.143. The number of ether oxygens (including phenoxy) is 1. The third-order valence-electron chi connectivity index (χ3n) is 7.45. The second kappa shape index (κ2) is 11.7. The summed E-state index contributed by atoms with van der Waals surface area (Å²) in [6.45, 7) is 4.17. The molecular formula is C35H31N2O4+. The van der Waals surface area contributed by atoms with Gasteiger partial charge in [0.15, 0.2) is 18.8 Å². The molecule has 6 nitrogen and oxygen atoms in total. The summed E-state index contributed by atoms with van der Waals surface area (Å²) in [5.74, 6) is -0.102. The van der Waals surface area contributed by atoms with Crippen LogP contribution in [0.2, 0.25) is 0 Å². The van der Waals surface area contributed by atoms with Crippen LogP contribution in [0.15, 0.2) is 109 Å². The normalized spacial score (nSPS) is 13.9. The van der Waals surface area contributed by atoms with Crippen molar-refractivity contribution in [3.63, 3.8) is 0 Å². The lowest BCUT2D eigenvalue weighted by molar-refractivity contribution is 0.0697. The van der Waals surface area contributed by atoms with Crippen molar-refractivity contribution in [1.82, 2.24) is 10.1 Å². The standard InChI is InChI=1S/C35H30N2O4/c1-24(29-16-15-27-6-2-3-7-30(27)21-29)36-41-23-26-12-17-33-34(20-26)40-19-18-37(33)22-25-10-13-28(14-11-25)31-8-4-5-9-32(31)35(38)39/h2-17,20-21,23-24,36H,18-19,22H2,1H3/p+1/b26-23-/t24-/m0/s1. The summed E-state index contributed by atoms with van der Waals surface area (Å²) in [7, 11) is 0. The zero-order valence-electron chi connectivity index (χ0n) is 22.8. The summed E-state index contributed by atoms with van der Waals surface area (Å²) in [6.07, 6.45) is 1.70. The molecule has 0 fully saturated rings. The van der Waals surface area contributed by atoms with Crippen molar-refractivity contribution in [3.8, 4) is 16.9 Å². The molecule has 5 aromatic rings. The first kappa shape index (κ1) is 26.3. The molecule has 6 rings (SSSR count). The van der Waals surface area contributed by atoms with Crippen LogP contribution in [0, 0.1) is 0 Å². The lowest BCUT2D eigenvalue weighted by Gasteiger charge is -2.14. The average Bonchev–Trinajstić information content (AvgIpc) is 3.01. The molecule has 6 heteroatoms. The van der Waals surface area contributed by atoms with Gasteiger partial charge < -0.3 is 14.7 Å². The zero-order valence-corrected chi connectivity index (χ0v) is 22.8. The van der Waals surface area contributed by atoms with Gasteiger partial charge in [-0.1, -0.05) is 78.9 Å². The smallest absolute Gasteiger partial charge is 0.336 e. The van der Waals surface area contributed by atoms with E-state index >= 15 is 0 Å². The fourth-order valence-electron chi connectivity index (χ4n) is 5.21. The Morgan fingerprint density at radius 3 is 2.56 bits per heavy atom. The Balaban J connectivity index is 1.16. The summed E-state index contributed by atoms with van der Waals surface area (Å²) < 4.78 is 8.28. The van der Waals surface area contributed by atoms with Crippen LogP contribution >= 0.6 is 0 Å². The molecule has 1 atom stereocenters. The minimum absolute atomic E-state index is 0.0178. The molecule has 0 saturated heterocycles. The number of nitrogens with one attached hydrogen (secondary N) is 1. The minimum atomic E-state index is -0.924. The molecule has 0 unspecified atom stereocenters. The monoisotopic (exact) mass is 543 g/mol. The van der Waals surface area contributed by atoms with E-state index in [4.69, 9.17) is 9.57 Å². The number of hydroxylamine groups is 1. The second-order valence-corrected chi connectivity index (χ2v) is 10.2. The van der Waals surface area contributed by atoms with Crippen LogP contribution < -0.4 is 25.4 Å². The number of fused-ring (bicyclic) bond motifs is 2. The quantitative estimate of drug-likeness (QED) is 0.205. The van der Waals surface area contributed by atoms with Crippen molar-refractivity contribution in [2.45, 2.75) is 19.5 Å². The van der Waals surface area contributed by atoms with Gasteiger partial charge in [-0.2, -0.15) is 5.48 Å². The van der Waals surface area contributed by atoms with Crippen LogP contribution in [0.25, 0.3) is 28.2 Å². The van der Waals surface area contributed by atoms with Crippen molar-refractivity contribution >= 4 is 23.0 Å². The molecule has 1 heterocycles. The highest BCUT2D eigenvalue weighted by Crippen LogP contribution is 2.24. The van der Waals surface area contributed by atoms with Crippen LogP contribution in [-0.2, 0) is 11.4 Å². The SMILES string of the molecule is C[C@H](NO/C=c1/ccc2c(c1)OCC[N+]=2Cc1ccc(-c2ccccc2C(=O)O)cc1)c1ccc2ccccc2c1. The molecule has 1 aliphatic heterocycles. The number of nitrogens with zero attached hydrogens (tertiary/aromatic N) is 1. The summed E-state index contributed by atoms with van der Waals surface area (Å²) in [6, 6.07) is 36.0. The van der Waals surface area contributed by atoms with Gasteiger partial charge >= 0.3 is 5.97 Å². The molecule has 0 saturated carbocycles. The third-order valence-corrected chi connectivity index (χ3v) is 7.45. The lowest BCUT2D eigenvalue weighted by atomic mass is 9.98. The summed E-state index contributed by atoms with van der Waals surface area (Å²) in [5, 5.41) is 13.9. The van der Waals surface area contributed by atoms with Gasteiger partial charge in [-0.05, 0) is 58.7 Å². The van der Waals surface area contributed by atoms with Gasteiger partial charge in [0.2, 0.25) is 5.36 Å². The van der Waals surface area contributed by atoms with Crippen LogP contribution in [0.1, 0.15) is 34.5 Å². The van der Waals surface area contributed by atoms with Crippen molar-refractivity contribution in [2.24, 2.45) is 0 Å². The number of hydrogen-bond donors (Lipinski definition) is 2. The second-order valence-electron chi connectivity index (χ2n) is 10.2. The molecule has 0 amide bonds. The number of carboxylic acid groups (broad SMARTS) is 1. The van der Waals surface area contributed by atoms with Crippen molar-refractivity contribution < 1.29 is 19.5 Å². The first-order chi connectivity index (χ1) is 20.0. The maximum absolute atomic E-state index is 11.6. The van der Waals surface area contributed by atoms with E-state index in [1.165, 1.54) is 10.8 Å². The van der Waals surface area contributed by atoms with E-state index in [1.807, 2.05) is 48.5 Å². The summed E-state index contributed by atoms with van der Waals surface area (Å²) in [4.78, 5) is 17.4. The van der Waals surface area contributed by atoms with Gasteiger partial charge in [0, 0.05) is 16.8 Å². The van der Waals surface area contributed by atoms with Gasteiger partial charge in [-0.3, -0.25) is 0 Å². The van der Waals surface area contributed by atoms with E-state index in [0.717, 1.165) is 51.7 Å². The molecule has 0 spiro atoms. The van der Waals surface area contributed by atoms with Gasteiger partial charge in [-0.15, -0.1) is 0 Å². The highest BCUT2D eigenvalue weighted by molar-refractivity contribution is 5.96. The molecule has 5 aromatic carbocycles. The Labute approximate surface area is 238 Å². The topological polar surface area (TPSA) is 70.8 Å². The van der Waals surface area contributed by atoms with E-state index in [2.05, 4.69) is 65.5 Å². The van der Waals surface area contributed by atoms with Gasteiger partial charge in [-0.25, -0.2) is 9.37 Å². The average molecular weight is 544 g/mol. The highest BCUT2D eigenvalue weighted by Gasteiger charge is 2.18. The Morgan fingerprint density at radius 2 is 1.73 bits per heavy atom. The van der Waals surface area contributed by atoms with Gasteiger partial charge in [0.25, 0.3) is 0 Å². The molecule has 1 aliphatic rings. The number of rotatable bonds is 8. The number of hydrogen-bond acceptors (Lipinski definition) is 4. The van der Waals surface area contributed by atoms with E-state index in [0.29, 0.717) is 12.2 Å². The Kier molecular flexibility index (Phi) is 7.48. The maximum Gasteiger partial charge on any atom is 0.336 e. The van der Waals surface area contributed by atoms with E-state index < -0.39 is 5.97 Å². The molecule has 0 bridgehead atoms. The largest absolute Gasteiger partial charge is 0.480 e. The zero-order chi connectivity index (χ0) is 28.2. The number of aromatic carboxylic acids is 1. The van der Waals surface area contributed by atoms with Crippen LogP contribution in [0.4, 0.5) is 0 Å². The molecule has 0 aromatic heterocycles. The van der Waals surface area contributed by atoms with E-state index in [1.54, 1.807) is 18.4 Å². The fourth-order valence-corrected chi connectivity index (χ4v) is 5.21. The summed E-state index contributed by atoms with van der Waals surface area (Å²) >= 11 is 0. The predicted molar refractivity (Wildman–Crippen MR) is 161 cm³/mol. The van der Waals surface area contributed by atoms with Crippen molar-refractivity contribution in [2.75, 3.05) is 13.2 Å². The maximum atomic E-state index is 11.6. The van der Waals surface area contributed by atoms with Gasteiger partial charge in [0.05, 0.1) is 11.6 Å². The lowest BCUT2D eigenvalue weighted by Crippen LogP contribution is -2.39. The Hall–Kier alpha value is -4.94. The van der Waals surface area contributed by atoms with Crippen LogP contribution in [0.5, 0.6) is 5.75 Å². The third kappa shape index (κ3) is 5.83. The Bertz CT molecular complexity index is 1850. The number of carbonyl (C=O) groups is 1. The van der Waals surface area contributed by atoms with E-state index in [-0.39, 0.29) is 6.04 Å². The number of benzene rings is 5. The van der Waals surface area contributed by atoms with E-state index in [9.17, 15) is 9.90 Å². The first-order valence-corrected chi connectivity index (χ1v) is 13.7.